The number of hydrogen-bond donors (Lipinski definition) is 0. The Bertz CT molecular complexity index is 261. The Hall–Kier alpha value is 0.139. The van der Waals surface area contributed by atoms with Crippen molar-refractivity contribution in [1.29, 1.82) is 0 Å². The molecule has 0 aliphatic rings. The van der Waals surface area contributed by atoms with E-state index in [9.17, 15) is 9.59 Å². The normalized spacial score (nSPS) is 10.9. The molecule has 23 heavy (non-hydrogen) atoms. The van der Waals surface area contributed by atoms with E-state index < -0.39 is 21.1 Å². The van der Waals surface area contributed by atoms with Gasteiger partial charge in [-0.2, -0.15) is 0 Å². The van der Waals surface area contributed by atoms with E-state index in [1.807, 2.05) is 0 Å². The standard InChI is InChI=1S/2C10H19O.Sn/c2*1-2-3-4-5-6-7-8-9-10-11;/h2*2-9H2,1H3;. The van der Waals surface area contributed by atoms with E-state index in [4.69, 9.17) is 0 Å². The van der Waals surface area contributed by atoms with Crippen LogP contribution in [0.4, 0.5) is 0 Å². The third-order valence-electron chi connectivity index (χ3n) is 4.29. The van der Waals surface area contributed by atoms with Crippen LogP contribution in [0.2, 0.25) is 0 Å². The Labute approximate surface area is 154 Å². The van der Waals surface area contributed by atoms with Gasteiger partial charge in [0.25, 0.3) is 0 Å². The molecule has 0 spiro atoms. The van der Waals surface area contributed by atoms with Gasteiger partial charge < -0.3 is 0 Å². The van der Waals surface area contributed by atoms with E-state index in [0.29, 0.717) is 20.4 Å². The van der Waals surface area contributed by atoms with Gasteiger partial charge in [-0.25, -0.2) is 0 Å². The summed E-state index contributed by atoms with van der Waals surface area (Å²) in [5.41, 5.74) is 0. The molecule has 0 unspecified atom stereocenters. The van der Waals surface area contributed by atoms with Crippen LogP contribution in [0.3, 0.4) is 0 Å². The predicted molar refractivity (Wildman–Crippen MR) is 101 cm³/mol. The van der Waals surface area contributed by atoms with Crippen molar-refractivity contribution < 1.29 is 9.59 Å². The average molecular weight is 429 g/mol. The molecule has 0 aromatic heterocycles. The molecule has 0 saturated carbocycles. The summed E-state index contributed by atoms with van der Waals surface area (Å²) in [6.45, 7) is 4.46. The molecule has 134 valence electrons. The fraction of sp³-hybridized carbons (Fsp3) is 0.900. The molecule has 0 heterocycles. The molecule has 2 radical (unpaired) electrons. The van der Waals surface area contributed by atoms with Crippen LogP contribution in [0.15, 0.2) is 0 Å². The summed E-state index contributed by atoms with van der Waals surface area (Å²) < 4.78 is 0.658. The molecule has 0 atom stereocenters. The first kappa shape index (κ1) is 23.1. The second-order valence-electron chi connectivity index (χ2n) is 6.71. The number of carbonyl (C=O) groups is 2. The Morgan fingerprint density at radius 2 is 0.826 bits per heavy atom. The third kappa shape index (κ3) is 18.3. The molecule has 3 heteroatoms. The summed E-state index contributed by atoms with van der Waals surface area (Å²) in [4.78, 5) is 23.7. The molecule has 0 aromatic rings. The van der Waals surface area contributed by atoms with Crippen molar-refractivity contribution in [2.24, 2.45) is 0 Å². The van der Waals surface area contributed by atoms with E-state index in [1.165, 1.54) is 77.0 Å². The number of carbonyl (C=O) groups excluding carboxylic acids is 2. The summed E-state index contributed by atoms with van der Waals surface area (Å²) in [5, 5.41) is 0. The van der Waals surface area contributed by atoms with Crippen LogP contribution in [-0.2, 0) is 9.59 Å². The molecule has 0 bridgehead atoms. The first-order valence-corrected chi connectivity index (χ1v) is 12.9. The summed E-state index contributed by atoms with van der Waals surface area (Å²) in [6.07, 6.45) is 18.7. The topological polar surface area (TPSA) is 34.1 Å². The van der Waals surface area contributed by atoms with Crippen LogP contribution in [-0.4, -0.2) is 28.7 Å². The van der Waals surface area contributed by atoms with E-state index >= 15 is 0 Å². The van der Waals surface area contributed by atoms with Crippen LogP contribution in [0, 0.1) is 0 Å². The van der Waals surface area contributed by atoms with Crippen LogP contribution < -0.4 is 0 Å². The fourth-order valence-corrected chi connectivity index (χ4v) is 5.38. The first-order valence-electron chi connectivity index (χ1n) is 10.0. The monoisotopic (exact) mass is 430 g/mol. The quantitative estimate of drug-likeness (QED) is 0.197. The molecule has 0 aliphatic carbocycles. The molecular formula is C20H38O2Sn. The molecular weight excluding hydrogens is 391 g/mol. The van der Waals surface area contributed by atoms with Crippen molar-refractivity contribution in [3.63, 3.8) is 0 Å². The molecule has 0 aromatic carbocycles. The Morgan fingerprint density at radius 3 is 1.17 bits per heavy atom. The summed E-state index contributed by atoms with van der Waals surface area (Å²) in [7, 11) is 0. The molecule has 0 fully saturated rings. The van der Waals surface area contributed by atoms with Gasteiger partial charge in [-0.1, -0.05) is 0 Å². The van der Waals surface area contributed by atoms with Gasteiger partial charge in [-0.05, 0) is 0 Å². The minimum absolute atomic E-state index is 0.329. The zero-order valence-corrected chi connectivity index (χ0v) is 18.5. The van der Waals surface area contributed by atoms with Gasteiger partial charge in [0.15, 0.2) is 0 Å². The third-order valence-corrected chi connectivity index (χ3v) is 7.31. The van der Waals surface area contributed by atoms with Gasteiger partial charge in [0.05, 0.1) is 0 Å². The maximum atomic E-state index is 11.9. The zero-order chi connectivity index (χ0) is 17.2. The van der Waals surface area contributed by atoms with Crippen molar-refractivity contribution >= 4 is 28.7 Å². The predicted octanol–water partition coefficient (Wildman–Crippen LogP) is 6.03. The fourth-order valence-electron chi connectivity index (χ4n) is 2.77. The van der Waals surface area contributed by atoms with Gasteiger partial charge in [0.1, 0.15) is 0 Å². The van der Waals surface area contributed by atoms with Crippen LogP contribution in [0.1, 0.15) is 117 Å². The van der Waals surface area contributed by atoms with Crippen molar-refractivity contribution in [1.82, 2.24) is 0 Å². The Morgan fingerprint density at radius 1 is 0.522 bits per heavy atom. The van der Waals surface area contributed by atoms with Gasteiger partial charge >= 0.3 is 155 Å². The molecule has 0 amide bonds. The Balaban J connectivity index is 3.36. The van der Waals surface area contributed by atoms with Gasteiger partial charge in [-0.15, -0.1) is 0 Å². The summed E-state index contributed by atoms with van der Waals surface area (Å²) >= 11 is -1.40. The molecule has 0 aliphatic heterocycles. The van der Waals surface area contributed by atoms with Crippen molar-refractivity contribution in [2.75, 3.05) is 0 Å². The second kappa shape index (κ2) is 18.5. The maximum absolute atomic E-state index is 11.9. The van der Waals surface area contributed by atoms with Gasteiger partial charge in [-0.3, -0.25) is 0 Å². The van der Waals surface area contributed by atoms with Gasteiger partial charge in [0.2, 0.25) is 0 Å². The molecule has 0 N–H and O–H groups in total. The van der Waals surface area contributed by atoms with Crippen molar-refractivity contribution in [3.05, 3.63) is 0 Å². The Kier molecular flexibility index (Phi) is 18.6. The average Bonchev–Trinajstić information content (AvgIpc) is 2.53. The van der Waals surface area contributed by atoms with E-state index in [0.717, 1.165) is 12.8 Å². The zero-order valence-electron chi connectivity index (χ0n) is 15.6. The first-order chi connectivity index (χ1) is 11.2. The van der Waals surface area contributed by atoms with E-state index in [2.05, 4.69) is 13.8 Å². The number of rotatable bonds is 18. The van der Waals surface area contributed by atoms with Crippen LogP contribution in [0.25, 0.3) is 0 Å². The van der Waals surface area contributed by atoms with E-state index in [1.54, 1.807) is 0 Å². The molecule has 2 nitrogen and oxygen atoms in total. The molecule has 0 saturated heterocycles. The summed E-state index contributed by atoms with van der Waals surface area (Å²) in [6, 6.07) is 0. The van der Waals surface area contributed by atoms with Crippen molar-refractivity contribution in [2.45, 2.75) is 117 Å². The summed E-state index contributed by atoms with van der Waals surface area (Å²) in [5.74, 6) is 0. The van der Waals surface area contributed by atoms with Crippen LogP contribution >= 0.6 is 0 Å². The van der Waals surface area contributed by atoms with Gasteiger partial charge in [0, 0.05) is 0 Å². The van der Waals surface area contributed by atoms with Crippen LogP contribution in [0.5, 0.6) is 0 Å². The minimum atomic E-state index is -1.40. The number of unbranched alkanes of at least 4 members (excludes halogenated alkanes) is 12. The SMILES string of the molecule is CCCCCCCCC[C](=O)[Sn][C](=O)CCCCCCCCC. The van der Waals surface area contributed by atoms with Crippen molar-refractivity contribution in [3.8, 4) is 0 Å². The molecule has 0 rings (SSSR count). The van der Waals surface area contributed by atoms with E-state index in [-0.39, 0.29) is 0 Å². The number of hydrogen-bond acceptors (Lipinski definition) is 2. The second-order valence-corrected chi connectivity index (χ2v) is 10.6.